The number of benzene rings is 1. The zero-order chi connectivity index (χ0) is 11.6. The quantitative estimate of drug-likeness (QED) is 0.632. The van der Waals surface area contributed by atoms with Crippen LogP contribution in [0, 0.1) is 10.1 Å². The van der Waals surface area contributed by atoms with Gasteiger partial charge in [0.25, 0.3) is 5.69 Å². The summed E-state index contributed by atoms with van der Waals surface area (Å²) < 4.78 is 25.3. The Morgan fingerprint density at radius 2 is 2.07 bits per heavy atom. The number of hydrogen-bond acceptors (Lipinski definition) is 5. The molecule has 0 aliphatic heterocycles. The third-order valence-corrected chi connectivity index (χ3v) is 2.06. The lowest BCUT2D eigenvalue weighted by Gasteiger charge is -2.02. The van der Waals surface area contributed by atoms with Crippen LogP contribution in [-0.4, -0.2) is 13.3 Å². The third-order valence-electron chi connectivity index (χ3n) is 1.33. The van der Waals surface area contributed by atoms with Crippen LogP contribution in [0.5, 0.6) is 5.75 Å². The lowest BCUT2D eigenvalue weighted by Crippen LogP contribution is -2.18. The molecular formula is C6H5ClN2O5S. The van der Waals surface area contributed by atoms with Crippen molar-refractivity contribution in [1.29, 1.82) is 0 Å². The van der Waals surface area contributed by atoms with E-state index in [0.717, 1.165) is 18.2 Å². The highest BCUT2D eigenvalue weighted by molar-refractivity contribution is 7.84. The van der Waals surface area contributed by atoms with Crippen LogP contribution in [0.4, 0.5) is 5.69 Å². The van der Waals surface area contributed by atoms with Crippen LogP contribution in [0.15, 0.2) is 18.2 Å². The predicted octanol–water partition coefficient (Wildman–Crippen LogP) is 0.831. The molecule has 0 bridgehead atoms. The van der Waals surface area contributed by atoms with E-state index in [1.165, 1.54) is 0 Å². The maximum atomic E-state index is 10.5. The topological polar surface area (TPSA) is 113 Å². The summed E-state index contributed by atoms with van der Waals surface area (Å²) in [5.41, 5.74) is -0.349. The van der Waals surface area contributed by atoms with Crippen molar-refractivity contribution in [3.05, 3.63) is 33.3 Å². The summed E-state index contributed by atoms with van der Waals surface area (Å²) in [6.45, 7) is 0. The average molecular weight is 253 g/mol. The molecule has 1 rings (SSSR count). The fourth-order valence-corrected chi connectivity index (χ4v) is 1.43. The van der Waals surface area contributed by atoms with Gasteiger partial charge in [-0.25, -0.2) is 0 Å². The van der Waals surface area contributed by atoms with Gasteiger partial charge in [-0.2, -0.15) is 13.6 Å². The first-order chi connectivity index (χ1) is 6.79. The molecule has 82 valence electrons. The molecule has 0 heterocycles. The number of halogens is 1. The minimum atomic E-state index is -4.16. The van der Waals surface area contributed by atoms with Crippen LogP contribution in [0.3, 0.4) is 0 Å². The third kappa shape index (κ3) is 3.35. The Hall–Kier alpha value is -1.38. The van der Waals surface area contributed by atoms with Crippen molar-refractivity contribution in [1.82, 2.24) is 0 Å². The van der Waals surface area contributed by atoms with Crippen LogP contribution in [0.1, 0.15) is 0 Å². The molecule has 0 aliphatic rings. The summed E-state index contributed by atoms with van der Waals surface area (Å²) in [5, 5.41) is 14.7. The normalized spacial score (nSPS) is 11.1. The van der Waals surface area contributed by atoms with Crippen molar-refractivity contribution in [2.24, 2.45) is 5.14 Å². The molecule has 0 atom stereocenters. The molecule has 0 aromatic heterocycles. The maximum absolute atomic E-state index is 10.5. The highest BCUT2D eigenvalue weighted by Crippen LogP contribution is 2.28. The van der Waals surface area contributed by atoms with Crippen molar-refractivity contribution >= 4 is 27.6 Å². The Labute approximate surface area is 89.8 Å². The Morgan fingerprint density at radius 1 is 1.47 bits per heavy atom. The molecule has 0 fully saturated rings. The van der Waals surface area contributed by atoms with E-state index in [1.807, 2.05) is 0 Å². The standard InChI is InChI=1S/C6H5ClN2O5S/c7-5-3-4(14-15(8,12)13)1-2-6(5)9(10)11/h1-3H,(H2,8,12,13). The lowest BCUT2D eigenvalue weighted by molar-refractivity contribution is -0.384. The van der Waals surface area contributed by atoms with Gasteiger partial charge in [0.1, 0.15) is 10.8 Å². The summed E-state index contributed by atoms with van der Waals surface area (Å²) in [6.07, 6.45) is 0. The van der Waals surface area contributed by atoms with Crippen LogP contribution in [0.25, 0.3) is 0 Å². The number of hydrogen-bond donors (Lipinski definition) is 1. The summed E-state index contributed by atoms with van der Waals surface area (Å²) in [4.78, 5) is 9.65. The Balaban J connectivity index is 3.07. The van der Waals surface area contributed by atoms with Gasteiger partial charge in [-0.15, -0.1) is 0 Å². The highest BCUT2D eigenvalue weighted by atomic mass is 35.5. The van der Waals surface area contributed by atoms with E-state index in [1.54, 1.807) is 0 Å². The molecule has 0 saturated carbocycles. The van der Waals surface area contributed by atoms with E-state index in [0.29, 0.717) is 0 Å². The van der Waals surface area contributed by atoms with Crippen LogP contribution in [0.2, 0.25) is 5.02 Å². The summed E-state index contributed by atoms with van der Waals surface area (Å²) in [5.74, 6) is -0.187. The van der Waals surface area contributed by atoms with Crippen LogP contribution >= 0.6 is 11.6 Å². The number of nitrogens with two attached hydrogens (primary N) is 1. The SMILES string of the molecule is NS(=O)(=O)Oc1ccc([N+](=O)[O-])c(Cl)c1. The summed E-state index contributed by atoms with van der Waals surface area (Å²) >= 11 is 5.50. The van der Waals surface area contributed by atoms with E-state index in [2.05, 4.69) is 9.32 Å². The van der Waals surface area contributed by atoms with Gasteiger partial charge in [0, 0.05) is 12.1 Å². The van der Waals surface area contributed by atoms with E-state index in [4.69, 9.17) is 11.6 Å². The van der Waals surface area contributed by atoms with Gasteiger partial charge >= 0.3 is 10.3 Å². The molecule has 0 spiro atoms. The lowest BCUT2D eigenvalue weighted by atomic mass is 10.3. The maximum Gasteiger partial charge on any atom is 0.380 e. The van der Waals surface area contributed by atoms with Gasteiger partial charge in [-0.3, -0.25) is 10.1 Å². The fraction of sp³-hybridized carbons (Fsp3) is 0. The molecular weight excluding hydrogens is 248 g/mol. The Morgan fingerprint density at radius 3 is 2.47 bits per heavy atom. The van der Waals surface area contributed by atoms with E-state index in [9.17, 15) is 18.5 Å². The molecule has 9 heteroatoms. The van der Waals surface area contributed by atoms with E-state index in [-0.39, 0.29) is 16.5 Å². The molecule has 15 heavy (non-hydrogen) atoms. The van der Waals surface area contributed by atoms with Crippen molar-refractivity contribution in [2.75, 3.05) is 0 Å². The van der Waals surface area contributed by atoms with Crippen molar-refractivity contribution in [3.8, 4) is 5.75 Å². The summed E-state index contributed by atoms with van der Waals surface area (Å²) in [6, 6.07) is 3.08. The van der Waals surface area contributed by atoms with Crippen molar-refractivity contribution in [2.45, 2.75) is 0 Å². The second-order valence-electron chi connectivity index (χ2n) is 2.45. The van der Waals surface area contributed by atoms with Crippen LogP contribution in [-0.2, 0) is 10.3 Å². The molecule has 2 N–H and O–H groups in total. The van der Waals surface area contributed by atoms with Gasteiger partial charge in [-0.05, 0) is 6.07 Å². The van der Waals surface area contributed by atoms with E-state index >= 15 is 0 Å². The first kappa shape index (κ1) is 11.7. The molecule has 0 radical (unpaired) electrons. The van der Waals surface area contributed by atoms with E-state index < -0.39 is 15.2 Å². The second-order valence-corrected chi connectivity index (χ2v) is 4.01. The largest absolute Gasteiger partial charge is 0.380 e. The Kier molecular flexibility index (Phi) is 3.12. The molecule has 1 aromatic carbocycles. The molecule has 0 saturated heterocycles. The minimum Gasteiger partial charge on any atom is -0.371 e. The average Bonchev–Trinajstić information content (AvgIpc) is 1.99. The van der Waals surface area contributed by atoms with Gasteiger partial charge in [0.05, 0.1) is 4.92 Å². The summed E-state index contributed by atoms with van der Waals surface area (Å²) in [7, 11) is -4.16. The Bertz CT molecular complexity index is 500. The molecule has 0 unspecified atom stereocenters. The molecule has 0 aliphatic carbocycles. The van der Waals surface area contributed by atoms with Gasteiger partial charge < -0.3 is 4.18 Å². The van der Waals surface area contributed by atoms with Gasteiger partial charge in [-0.1, -0.05) is 11.6 Å². The minimum absolute atomic E-state index is 0.187. The predicted molar refractivity (Wildman–Crippen MR) is 51.8 cm³/mol. The number of nitro benzene ring substituents is 1. The van der Waals surface area contributed by atoms with Crippen molar-refractivity contribution in [3.63, 3.8) is 0 Å². The molecule has 1 aromatic rings. The first-order valence-corrected chi connectivity index (χ1v) is 5.30. The fourth-order valence-electron chi connectivity index (χ4n) is 0.822. The highest BCUT2D eigenvalue weighted by Gasteiger charge is 2.14. The number of nitrogens with zero attached hydrogens (tertiary/aromatic N) is 1. The smallest absolute Gasteiger partial charge is 0.371 e. The molecule has 7 nitrogen and oxygen atoms in total. The first-order valence-electron chi connectivity index (χ1n) is 3.46. The van der Waals surface area contributed by atoms with Crippen LogP contribution < -0.4 is 9.32 Å². The van der Waals surface area contributed by atoms with Gasteiger partial charge in [0.2, 0.25) is 0 Å². The zero-order valence-corrected chi connectivity index (χ0v) is 8.66. The van der Waals surface area contributed by atoms with Gasteiger partial charge in [0.15, 0.2) is 0 Å². The van der Waals surface area contributed by atoms with Crippen molar-refractivity contribution < 1.29 is 17.5 Å². The molecule has 0 amide bonds. The second kappa shape index (κ2) is 4.01. The monoisotopic (exact) mass is 252 g/mol. The zero-order valence-electron chi connectivity index (χ0n) is 7.08. The number of nitro groups is 1. The number of rotatable bonds is 3.